The maximum Gasteiger partial charge on any atom is 0.371 e. The molecule has 0 aliphatic carbocycles. The summed E-state index contributed by atoms with van der Waals surface area (Å²) in [5.41, 5.74) is 0. The molecule has 0 radical (unpaired) electrons. The molecule has 0 saturated carbocycles. The lowest BCUT2D eigenvalue weighted by Gasteiger charge is -2.02. The smallest absolute Gasteiger partial charge is 0.371 e. The van der Waals surface area contributed by atoms with Crippen LogP contribution in [0.4, 0.5) is 0 Å². The molecule has 0 atom stereocenters. The van der Waals surface area contributed by atoms with E-state index in [4.69, 9.17) is 0 Å². The Labute approximate surface area is 111 Å². The van der Waals surface area contributed by atoms with Gasteiger partial charge in [0.1, 0.15) is 0 Å². The van der Waals surface area contributed by atoms with Gasteiger partial charge in [-0.25, -0.2) is 4.79 Å². The van der Waals surface area contributed by atoms with E-state index in [2.05, 4.69) is 11.7 Å². The highest BCUT2D eigenvalue weighted by Gasteiger charge is 1.98. The highest BCUT2D eigenvalue weighted by atomic mass is 16.5. The van der Waals surface area contributed by atoms with Crippen LogP contribution in [-0.2, 0) is 14.3 Å². The highest BCUT2D eigenvalue weighted by Crippen LogP contribution is 2.11. The molecule has 0 bridgehead atoms. The van der Waals surface area contributed by atoms with E-state index in [0.29, 0.717) is 6.61 Å². The van der Waals surface area contributed by atoms with Crippen LogP contribution in [0.25, 0.3) is 0 Å². The fraction of sp³-hybridized carbons (Fsp3) is 0.867. The Kier molecular flexibility index (Phi) is 13.5. The van der Waals surface area contributed by atoms with E-state index in [1.54, 1.807) is 0 Å². The molecule has 18 heavy (non-hydrogen) atoms. The van der Waals surface area contributed by atoms with Gasteiger partial charge in [-0.05, 0) is 6.42 Å². The maximum absolute atomic E-state index is 10.5. The third kappa shape index (κ3) is 13.2. The van der Waals surface area contributed by atoms with Crippen molar-refractivity contribution in [3.63, 3.8) is 0 Å². The molecule has 0 rings (SSSR count). The molecule has 3 heteroatoms. The Bertz CT molecular complexity index is 202. The summed E-state index contributed by atoms with van der Waals surface area (Å²) in [7, 11) is 0. The summed E-state index contributed by atoms with van der Waals surface area (Å²) in [5, 5.41) is 0. The first-order valence-electron chi connectivity index (χ1n) is 7.43. The van der Waals surface area contributed by atoms with Gasteiger partial charge in [-0.2, -0.15) is 0 Å². The van der Waals surface area contributed by atoms with E-state index in [1.807, 2.05) is 0 Å². The van der Waals surface area contributed by atoms with E-state index in [0.717, 1.165) is 12.8 Å². The van der Waals surface area contributed by atoms with Gasteiger partial charge in [0.2, 0.25) is 6.29 Å². The molecule has 0 unspecified atom stereocenters. The van der Waals surface area contributed by atoms with Gasteiger partial charge in [-0.15, -0.1) is 0 Å². The minimum Gasteiger partial charge on any atom is -0.460 e. The van der Waals surface area contributed by atoms with Gasteiger partial charge < -0.3 is 4.74 Å². The largest absolute Gasteiger partial charge is 0.460 e. The summed E-state index contributed by atoms with van der Waals surface area (Å²) >= 11 is 0. The van der Waals surface area contributed by atoms with Crippen molar-refractivity contribution in [1.29, 1.82) is 0 Å². The summed E-state index contributed by atoms with van der Waals surface area (Å²) in [6.07, 6.45) is 14.2. The lowest BCUT2D eigenvalue weighted by Crippen LogP contribution is -2.06. The van der Waals surface area contributed by atoms with E-state index in [9.17, 15) is 9.59 Å². The molecule has 106 valence electrons. The monoisotopic (exact) mass is 256 g/mol. The first-order valence-corrected chi connectivity index (χ1v) is 7.43. The fourth-order valence-electron chi connectivity index (χ4n) is 1.97. The van der Waals surface area contributed by atoms with Gasteiger partial charge in [0, 0.05) is 0 Å². The van der Waals surface area contributed by atoms with Crippen molar-refractivity contribution in [1.82, 2.24) is 0 Å². The summed E-state index contributed by atoms with van der Waals surface area (Å²) < 4.78 is 4.67. The molecule has 0 saturated heterocycles. The van der Waals surface area contributed by atoms with Gasteiger partial charge >= 0.3 is 5.97 Å². The molecule has 3 nitrogen and oxygen atoms in total. The second-order valence-electron chi connectivity index (χ2n) is 4.82. The second-order valence-corrected chi connectivity index (χ2v) is 4.82. The lowest BCUT2D eigenvalue weighted by atomic mass is 10.1. The van der Waals surface area contributed by atoms with E-state index in [1.165, 1.54) is 57.8 Å². The fourth-order valence-corrected chi connectivity index (χ4v) is 1.97. The zero-order chi connectivity index (χ0) is 13.5. The van der Waals surface area contributed by atoms with Crippen molar-refractivity contribution < 1.29 is 14.3 Å². The molecule has 0 aromatic heterocycles. The summed E-state index contributed by atoms with van der Waals surface area (Å²) in [5.74, 6) is -0.748. The zero-order valence-corrected chi connectivity index (χ0v) is 11.8. The Morgan fingerprint density at radius 3 is 1.72 bits per heavy atom. The standard InChI is InChI=1S/C15H28O3/c1-2-3-4-5-6-7-8-9-10-11-12-13-18-15(17)14-16/h14H,2-13H2,1H3. The summed E-state index contributed by atoms with van der Waals surface area (Å²) in [6.45, 7) is 2.63. The van der Waals surface area contributed by atoms with Crippen LogP contribution in [0, 0.1) is 0 Å². The molecule has 0 fully saturated rings. The molecule has 0 aliphatic heterocycles. The quantitative estimate of drug-likeness (QED) is 0.216. The molecule has 0 amide bonds. The highest BCUT2D eigenvalue weighted by molar-refractivity contribution is 6.20. The van der Waals surface area contributed by atoms with Gasteiger partial charge in [0.05, 0.1) is 6.61 Å². The van der Waals surface area contributed by atoms with Crippen molar-refractivity contribution in [2.45, 2.75) is 77.6 Å². The number of rotatable bonds is 13. The van der Waals surface area contributed by atoms with Crippen LogP contribution in [0.5, 0.6) is 0 Å². The predicted molar refractivity (Wildman–Crippen MR) is 73.5 cm³/mol. The number of carbonyl (C=O) groups excluding carboxylic acids is 2. The first-order chi connectivity index (χ1) is 8.81. The molecule has 0 aromatic carbocycles. The minimum absolute atomic E-state index is 0.221. The average Bonchev–Trinajstić information content (AvgIpc) is 2.39. The number of esters is 1. The molecule has 0 heterocycles. The van der Waals surface area contributed by atoms with E-state index < -0.39 is 5.97 Å². The Balaban J connectivity index is 2.98. The Hall–Kier alpha value is -0.860. The Morgan fingerprint density at radius 1 is 0.833 bits per heavy atom. The third-order valence-electron chi connectivity index (χ3n) is 3.09. The number of hydrogen-bond donors (Lipinski definition) is 0. The van der Waals surface area contributed by atoms with Gasteiger partial charge in [-0.1, -0.05) is 71.1 Å². The molecular weight excluding hydrogens is 228 g/mol. The summed E-state index contributed by atoms with van der Waals surface area (Å²) in [6, 6.07) is 0. The second kappa shape index (κ2) is 14.2. The zero-order valence-electron chi connectivity index (χ0n) is 11.8. The van der Waals surface area contributed by atoms with Crippen LogP contribution < -0.4 is 0 Å². The number of unbranched alkanes of at least 4 members (excludes halogenated alkanes) is 10. The molecule has 0 spiro atoms. The maximum atomic E-state index is 10.5. The average molecular weight is 256 g/mol. The minimum atomic E-state index is -0.748. The number of carbonyl (C=O) groups is 2. The van der Waals surface area contributed by atoms with Crippen LogP contribution >= 0.6 is 0 Å². The van der Waals surface area contributed by atoms with Crippen LogP contribution in [0.3, 0.4) is 0 Å². The first kappa shape index (κ1) is 17.1. The van der Waals surface area contributed by atoms with Crippen molar-refractivity contribution in [2.24, 2.45) is 0 Å². The van der Waals surface area contributed by atoms with Crippen molar-refractivity contribution >= 4 is 12.3 Å². The molecular formula is C15H28O3. The topological polar surface area (TPSA) is 43.4 Å². The van der Waals surface area contributed by atoms with Crippen molar-refractivity contribution in [3.05, 3.63) is 0 Å². The molecule has 0 aliphatic rings. The van der Waals surface area contributed by atoms with E-state index in [-0.39, 0.29) is 6.29 Å². The number of hydrogen-bond acceptors (Lipinski definition) is 3. The molecule has 0 aromatic rings. The summed E-state index contributed by atoms with van der Waals surface area (Å²) in [4.78, 5) is 20.5. The van der Waals surface area contributed by atoms with Crippen LogP contribution in [0.1, 0.15) is 77.6 Å². The van der Waals surface area contributed by atoms with Crippen LogP contribution in [0.15, 0.2) is 0 Å². The molecule has 0 N–H and O–H groups in total. The van der Waals surface area contributed by atoms with Gasteiger partial charge in [0.25, 0.3) is 0 Å². The number of aldehydes is 1. The Morgan fingerprint density at radius 2 is 1.28 bits per heavy atom. The third-order valence-corrected chi connectivity index (χ3v) is 3.09. The predicted octanol–water partition coefficient (Wildman–Crippen LogP) is 4.04. The van der Waals surface area contributed by atoms with Crippen LogP contribution in [-0.4, -0.2) is 18.9 Å². The number of ether oxygens (including phenoxy) is 1. The van der Waals surface area contributed by atoms with Crippen molar-refractivity contribution in [2.75, 3.05) is 6.61 Å². The normalized spacial score (nSPS) is 10.3. The van der Waals surface area contributed by atoms with E-state index >= 15 is 0 Å². The van der Waals surface area contributed by atoms with Crippen molar-refractivity contribution in [3.8, 4) is 0 Å². The van der Waals surface area contributed by atoms with Gasteiger partial charge in [0.15, 0.2) is 0 Å². The van der Waals surface area contributed by atoms with Gasteiger partial charge in [-0.3, -0.25) is 4.79 Å². The lowest BCUT2D eigenvalue weighted by molar-refractivity contribution is -0.148. The SMILES string of the molecule is CCCCCCCCCCCCCOC(=O)C=O. The van der Waals surface area contributed by atoms with Crippen LogP contribution in [0.2, 0.25) is 0 Å².